The Bertz CT molecular complexity index is 1720. The second-order valence-electron chi connectivity index (χ2n) is 8.81. The van der Waals surface area contributed by atoms with Crippen LogP contribution in [0.5, 0.6) is 0 Å². The van der Waals surface area contributed by atoms with Gasteiger partial charge in [0.1, 0.15) is 0 Å². The van der Waals surface area contributed by atoms with Crippen molar-refractivity contribution >= 4 is 27.2 Å². The van der Waals surface area contributed by atoms with E-state index < -0.39 is 10.2 Å². The van der Waals surface area contributed by atoms with Crippen LogP contribution < -0.4 is 18.6 Å². The lowest BCUT2D eigenvalue weighted by Crippen LogP contribution is -2.68. The van der Waals surface area contributed by atoms with Crippen molar-refractivity contribution in [3.63, 3.8) is 0 Å². The smallest absolute Gasteiger partial charge is 0.258 e. The molecule has 198 valence electrons. The summed E-state index contributed by atoms with van der Waals surface area (Å²) in [4.78, 5) is 10.8. The molecule has 0 aliphatic carbocycles. The summed E-state index contributed by atoms with van der Waals surface area (Å²) in [7, 11) is -4.94. The van der Waals surface area contributed by atoms with Crippen LogP contribution >= 0.6 is 0 Å². The minimum Gasteiger partial charge on any atom is -0.258 e. The zero-order chi connectivity index (χ0) is 28.3. The first-order valence-corrected chi connectivity index (χ1v) is 13.2. The summed E-state index contributed by atoms with van der Waals surface area (Å²) in [6, 6.07) is 39.5. The zero-order valence-electron chi connectivity index (χ0n) is 20.7. The molecule has 8 nitrogen and oxygen atoms in total. The lowest BCUT2D eigenvalue weighted by atomic mass is 9.97. The topological polar surface area (TPSA) is 147 Å². The fraction of sp³-hybridized carbons (Fsp3) is 0. The third-order valence-corrected chi connectivity index (χ3v) is 6.31. The quantitative estimate of drug-likeness (QED) is 0.182. The molecule has 0 saturated carbocycles. The maximum absolute atomic E-state index is 11.2. The Labute approximate surface area is 230 Å². The Hall–Kier alpha value is -4.70. The average molecular weight is 554 g/mol. The van der Waals surface area contributed by atoms with Gasteiger partial charge in [-0.3, -0.25) is 10.1 Å². The Kier molecular flexibility index (Phi) is 7.52. The molecule has 1 heterocycles. The van der Waals surface area contributed by atoms with Crippen LogP contribution in [0.15, 0.2) is 126 Å². The molecule has 0 amide bonds. The molecule has 0 spiro atoms. The first kappa shape index (κ1) is 26.9. The molecule has 0 radical (unpaired) electrons. The van der Waals surface area contributed by atoms with Crippen molar-refractivity contribution in [2.75, 3.05) is 0 Å². The molecule has 0 aliphatic rings. The van der Waals surface area contributed by atoms with Gasteiger partial charge in [0.05, 0.1) is 28.2 Å². The van der Waals surface area contributed by atoms with Crippen molar-refractivity contribution in [2.45, 2.75) is 0 Å². The summed E-state index contributed by atoms with van der Waals surface area (Å²) in [5.74, 6) is 1.47. The summed E-state index contributed by atoms with van der Waals surface area (Å²) < 4.78 is 40.6. The number of hydrogen-bond donors (Lipinski definition) is 0. The normalized spacial score (nSPS) is 11.2. The van der Waals surface area contributed by atoms with Crippen LogP contribution in [-0.4, -0.2) is 4.92 Å². The molecule has 0 fully saturated rings. The van der Waals surface area contributed by atoms with E-state index >= 15 is 0 Å². The largest absolute Gasteiger partial charge is 0.362 e. The Balaban J connectivity index is 0.000000595. The fourth-order valence-electron chi connectivity index (χ4n) is 4.59. The van der Waals surface area contributed by atoms with Gasteiger partial charge in [0.2, 0.25) is 0 Å². The van der Waals surface area contributed by atoms with Gasteiger partial charge in [0.25, 0.3) is 5.69 Å². The van der Waals surface area contributed by atoms with Crippen molar-refractivity contribution in [1.29, 1.82) is 0 Å². The third kappa shape index (κ3) is 6.13. The van der Waals surface area contributed by atoms with Gasteiger partial charge in [-0.1, -0.05) is 72.8 Å². The lowest BCUT2D eigenvalue weighted by molar-refractivity contribution is -2.00. The van der Waals surface area contributed by atoms with Crippen molar-refractivity contribution in [1.82, 2.24) is 0 Å². The number of nitro benzene ring substituents is 1. The van der Waals surface area contributed by atoms with Gasteiger partial charge in [0, 0.05) is 17.7 Å². The Morgan fingerprint density at radius 2 is 0.975 bits per heavy atom. The highest BCUT2D eigenvalue weighted by molar-refractivity contribution is 5.98. The SMILES string of the molecule is O=[N+]([O-])c1ccc(-c2cc(-c3cccc4ccccc34)[o+]c(-c3cccc4ccccc34)c2)cc1.[O-][Cl+3]([O-])([O-])[O-]. The zero-order valence-corrected chi connectivity index (χ0v) is 21.5. The molecule has 6 rings (SSSR count). The van der Waals surface area contributed by atoms with E-state index in [-0.39, 0.29) is 10.6 Å². The second-order valence-corrected chi connectivity index (χ2v) is 9.57. The molecular weight excluding hydrogens is 534 g/mol. The predicted molar refractivity (Wildman–Crippen MR) is 141 cm³/mol. The highest BCUT2D eigenvalue weighted by Crippen LogP contribution is 2.38. The number of nitro groups is 1. The first-order valence-electron chi connectivity index (χ1n) is 12.0. The van der Waals surface area contributed by atoms with Crippen molar-refractivity contribution in [3.05, 3.63) is 131 Å². The highest BCUT2D eigenvalue weighted by atomic mass is 35.7. The van der Waals surface area contributed by atoms with E-state index in [1.807, 2.05) is 48.5 Å². The van der Waals surface area contributed by atoms with E-state index in [1.165, 1.54) is 12.1 Å². The summed E-state index contributed by atoms with van der Waals surface area (Å²) in [5, 5.41) is 15.6. The van der Waals surface area contributed by atoms with Crippen LogP contribution in [-0.2, 0) is 0 Å². The van der Waals surface area contributed by atoms with E-state index in [2.05, 4.69) is 48.5 Å². The van der Waals surface area contributed by atoms with Crippen LogP contribution in [0.4, 0.5) is 5.69 Å². The first-order chi connectivity index (χ1) is 19.2. The van der Waals surface area contributed by atoms with Crippen LogP contribution in [0.25, 0.3) is 55.3 Å². The summed E-state index contributed by atoms with van der Waals surface area (Å²) in [6.07, 6.45) is 0. The number of nitrogens with zero attached hydrogens (tertiary/aromatic N) is 1. The number of halogens is 1. The molecule has 9 heteroatoms. The highest BCUT2D eigenvalue weighted by Gasteiger charge is 2.23. The Morgan fingerprint density at radius 3 is 1.43 bits per heavy atom. The van der Waals surface area contributed by atoms with Crippen molar-refractivity contribution in [3.8, 4) is 33.8 Å². The predicted octanol–water partition coefficient (Wildman–Crippen LogP) is 4.02. The number of benzene rings is 5. The van der Waals surface area contributed by atoms with Gasteiger partial charge in [-0.2, -0.15) is 0 Å². The average Bonchev–Trinajstić information content (AvgIpc) is 2.95. The van der Waals surface area contributed by atoms with Gasteiger partial charge in [-0.15, -0.1) is 10.2 Å². The van der Waals surface area contributed by atoms with Crippen LogP contribution in [0, 0.1) is 20.4 Å². The number of fused-ring (bicyclic) bond motifs is 2. The van der Waals surface area contributed by atoms with Gasteiger partial charge in [0.15, 0.2) is 0 Å². The third-order valence-electron chi connectivity index (χ3n) is 6.31. The lowest BCUT2D eigenvalue weighted by Gasteiger charge is -2.17. The maximum atomic E-state index is 11.2. The second kappa shape index (κ2) is 11.2. The van der Waals surface area contributed by atoms with Gasteiger partial charge >= 0.3 is 11.5 Å². The summed E-state index contributed by atoms with van der Waals surface area (Å²) in [6.45, 7) is 0. The molecule has 1 aromatic heterocycles. The molecule has 6 aromatic rings. The molecule has 40 heavy (non-hydrogen) atoms. The minimum absolute atomic E-state index is 0.0675. The molecule has 5 aromatic carbocycles. The van der Waals surface area contributed by atoms with E-state index in [9.17, 15) is 10.1 Å². The van der Waals surface area contributed by atoms with E-state index in [0.29, 0.717) is 0 Å². The van der Waals surface area contributed by atoms with E-state index in [0.717, 1.165) is 55.3 Å². The number of hydrogen-bond acceptors (Lipinski definition) is 6. The minimum atomic E-state index is -4.94. The monoisotopic (exact) mass is 553 g/mol. The molecule has 0 aliphatic heterocycles. The molecule has 0 unspecified atom stereocenters. The van der Waals surface area contributed by atoms with Gasteiger partial charge in [-0.05, 0) is 51.4 Å². The molecule has 0 bridgehead atoms. The standard InChI is InChI=1S/C31H20NO3.ClHO4/c33-32(34)25-17-15-21(16-18-25)24-19-30(28-13-5-9-22-7-1-3-11-26(22)28)35-31(20-24)29-14-6-10-23-8-2-4-12-27(23)29;2-1(3,4)5/h1-20H;(H,2,3,4,5)/q+1;/p-1. The molecule has 0 saturated heterocycles. The van der Waals surface area contributed by atoms with Gasteiger partial charge < -0.3 is 0 Å². The number of non-ortho nitro benzene ring substituents is 1. The van der Waals surface area contributed by atoms with Gasteiger partial charge in [-0.25, -0.2) is 23.1 Å². The number of rotatable bonds is 4. The van der Waals surface area contributed by atoms with Crippen LogP contribution in [0.3, 0.4) is 0 Å². The van der Waals surface area contributed by atoms with E-state index in [1.54, 1.807) is 12.1 Å². The van der Waals surface area contributed by atoms with Crippen LogP contribution in [0.2, 0.25) is 0 Å². The molecule has 0 atom stereocenters. The van der Waals surface area contributed by atoms with Crippen molar-refractivity contribution in [2.24, 2.45) is 0 Å². The van der Waals surface area contributed by atoms with Crippen LogP contribution in [0.1, 0.15) is 0 Å². The maximum Gasteiger partial charge on any atom is 0.362 e. The molecule has 0 N–H and O–H groups in total. The summed E-state index contributed by atoms with van der Waals surface area (Å²) >= 11 is 0. The van der Waals surface area contributed by atoms with Crippen molar-refractivity contribution < 1.29 is 38.2 Å². The van der Waals surface area contributed by atoms with E-state index in [4.69, 9.17) is 23.1 Å². The molecular formula is C31H20ClNO7. The Morgan fingerprint density at radius 1 is 0.550 bits per heavy atom. The fourth-order valence-corrected chi connectivity index (χ4v) is 4.59. The summed E-state index contributed by atoms with van der Waals surface area (Å²) in [5.41, 5.74) is 3.87.